The smallest absolute Gasteiger partial charge is 0.225 e. The van der Waals surface area contributed by atoms with Gasteiger partial charge in [0.25, 0.3) is 0 Å². The highest BCUT2D eigenvalue weighted by molar-refractivity contribution is 5.87. The van der Waals surface area contributed by atoms with Crippen LogP contribution in [0, 0.1) is 12.8 Å². The lowest BCUT2D eigenvalue weighted by atomic mass is 9.92. The van der Waals surface area contributed by atoms with Gasteiger partial charge in [-0.25, -0.2) is 9.97 Å². The van der Waals surface area contributed by atoms with Crippen LogP contribution in [0.2, 0.25) is 0 Å². The molecule has 1 saturated heterocycles. The van der Waals surface area contributed by atoms with E-state index in [0.29, 0.717) is 18.2 Å². The fourth-order valence-corrected chi connectivity index (χ4v) is 3.56. The Morgan fingerprint density at radius 2 is 2.38 bits per heavy atom. The molecule has 1 aliphatic rings. The van der Waals surface area contributed by atoms with Gasteiger partial charge in [-0.1, -0.05) is 5.16 Å². The minimum atomic E-state index is 0.181. The first-order valence-corrected chi connectivity index (χ1v) is 8.91. The van der Waals surface area contributed by atoms with Crippen LogP contribution in [0.1, 0.15) is 25.0 Å². The molecule has 1 fully saturated rings. The number of piperidine rings is 1. The molecule has 2 N–H and O–H groups in total. The molecule has 8 heteroatoms. The maximum atomic E-state index is 12.3. The minimum Gasteiger partial charge on any atom is -0.356 e. The summed E-state index contributed by atoms with van der Waals surface area (Å²) in [5.41, 5.74) is 1.64. The van der Waals surface area contributed by atoms with E-state index in [2.05, 4.69) is 30.3 Å². The molecule has 8 nitrogen and oxygen atoms in total. The van der Waals surface area contributed by atoms with Gasteiger partial charge in [-0.3, -0.25) is 4.79 Å². The Kier molecular flexibility index (Phi) is 4.55. The van der Waals surface area contributed by atoms with E-state index in [0.717, 1.165) is 48.5 Å². The fraction of sp³-hybridized carbons (Fsp3) is 0.444. The standard InChI is InChI=1S/C18H22N6O2/c1-12-7-16(26-23-12)20-9-14(25)8-13-3-2-6-24(10-13)18-15-4-5-19-17(15)21-11-22-18/h4-5,7,11,13,20H,2-3,6,8-10H2,1H3,(H,19,21,22). The first-order valence-electron chi connectivity index (χ1n) is 8.91. The van der Waals surface area contributed by atoms with Crippen molar-refractivity contribution in [1.29, 1.82) is 0 Å². The summed E-state index contributed by atoms with van der Waals surface area (Å²) in [4.78, 5) is 26.4. The van der Waals surface area contributed by atoms with E-state index in [-0.39, 0.29) is 12.3 Å². The second kappa shape index (κ2) is 7.15. The molecule has 136 valence electrons. The number of rotatable bonds is 6. The number of nitrogens with one attached hydrogen (secondary N) is 2. The van der Waals surface area contributed by atoms with Gasteiger partial charge in [-0.2, -0.15) is 0 Å². The number of carbonyl (C=O) groups is 1. The van der Waals surface area contributed by atoms with Gasteiger partial charge in [0.2, 0.25) is 5.88 Å². The molecule has 0 radical (unpaired) electrons. The van der Waals surface area contributed by atoms with Crippen LogP contribution in [0.25, 0.3) is 11.0 Å². The number of anilines is 2. The van der Waals surface area contributed by atoms with Gasteiger partial charge in [-0.05, 0) is 31.7 Å². The van der Waals surface area contributed by atoms with E-state index >= 15 is 0 Å². The van der Waals surface area contributed by atoms with Gasteiger partial charge in [0.15, 0.2) is 5.78 Å². The highest BCUT2D eigenvalue weighted by Gasteiger charge is 2.24. The SMILES string of the molecule is Cc1cc(NCC(=O)CC2CCCN(c3ncnc4[nH]ccc34)C2)on1. The third-order valence-electron chi connectivity index (χ3n) is 4.76. The van der Waals surface area contributed by atoms with Crippen molar-refractivity contribution in [1.82, 2.24) is 20.1 Å². The first kappa shape index (κ1) is 16.6. The van der Waals surface area contributed by atoms with Crippen molar-refractivity contribution in [2.24, 2.45) is 5.92 Å². The number of aromatic amines is 1. The Hall–Kier alpha value is -2.90. The second-order valence-corrected chi connectivity index (χ2v) is 6.82. The Bertz CT molecular complexity index is 902. The number of ketones is 1. The summed E-state index contributed by atoms with van der Waals surface area (Å²) < 4.78 is 5.07. The van der Waals surface area contributed by atoms with Gasteiger partial charge in [-0.15, -0.1) is 0 Å². The summed E-state index contributed by atoms with van der Waals surface area (Å²) >= 11 is 0. The number of nitrogens with zero attached hydrogens (tertiary/aromatic N) is 4. The molecule has 3 aromatic rings. The van der Waals surface area contributed by atoms with E-state index < -0.39 is 0 Å². The third kappa shape index (κ3) is 3.54. The molecule has 0 spiro atoms. The van der Waals surface area contributed by atoms with Gasteiger partial charge < -0.3 is 19.7 Å². The third-order valence-corrected chi connectivity index (χ3v) is 4.76. The topological polar surface area (TPSA) is 99.9 Å². The highest BCUT2D eigenvalue weighted by Crippen LogP contribution is 2.28. The lowest BCUT2D eigenvalue weighted by Crippen LogP contribution is -2.37. The Labute approximate surface area is 151 Å². The zero-order valence-electron chi connectivity index (χ0n) is 14.7. The van der Waals surface area contributed by atoms with Gasteiger partial charge in [0.05, 0.1) is 17.6 Å². The summed E-state index contributed by atoms with van der Waals surface area (Å²) in [6.07, 6.45) is 6.14. The zero-order chi connectivity index (χ0) is 17.9. The molecule has 0 amide bonds. The van der Waals surface area contributed by atoms with Gasteiger partial charge >= 0.3 is 0 Å². The Morgan fingerprint density at radius 3 is 3.23 bits per heavy atom. The zero-order valence-corrected chi connectivity index (χ0v) is 14.7. The minimum absolute atomic E-state index is 0.181. The van der Waals surface area contributed by atoms with Crippen molar-refractivity contribution >= 4 is 28.5 Å². The van der Waals surface area contributed by atoms with Crippen LogP contribution < -0.4 is 10.2 Å². The van der Waals surface area contributed by atoms with E-state index in [1.165, 1.54) is 0 Å². The largest absolute Gasteiger partial charge is 0.356 e. The van der Waals surface area contributed by atoms with Crippen LogP contribution in [0.15, 0.2) is 29.2 Å². The highest BCUT2D eigenvalue weighted by atomic mass is 16.5. The predicted molar refractivity (Wildman–Crippen MR) is 98.2 cm³/mol. The maximum absolute atomic E-state index is 12.3. The van der Waals surface area contributed by atoms with Crippen molar-refractivity contribution in [3.8, 4) is 0 Å². The van der Waals surface area contributed by atoms with E-state index in [1.54, 1.807) is 12.4 Å². The van der Waals surface area contributed by atoms with Crippen LogP contribution in [0.3, 0.4) is 0 Å². The van der Waals surface area contributed by atoms with E-state index in [1.807, 2.05) is 19.2 Å². The van der Waals surface area contributed by atoms with Crippen molar-refractivity contribution in [2.45, 2.75) is 26.2 Å². The summed E-state index contributed by atoms with van der Waals surface area (Å²) in [5, 5.41) is 7.83. The quantitative estimate of drug-likeness (QED) is 0.701. The molecule has 3 aromatic heterocycles. The number of fused-ring (bicyclic) bond motifs is 1. The van der Waals surface area contributed by atoms with Crippen molar-refractivity contribution in [3.63, 3.8) is 0 Å². The normalized spacial score (nSPS) is 17.6. The average molecular weight is 354 g/mol. The molecular formula is C18H22N6O2. The number of hydrogen-bond acceptors (Lipinski definition) is 7. The molecule has 0 aromatic carbocycles. The first-order chi connectivity index (χ1) is 12.7. The number of carbonyl (C=O) groups excluding carboxylic acids is 1. The van der Waals surface area contributed by atoms with Gasteiger partial charge in [0.1, 0.15) is 17.8 Å². The molecular weight excluding hydrogens is 332 g/mol. The lowest BCUT2D eigenvalue weighted by molar-refractivity contribution is -0.118. The van der Waals surface area contributed by atoms with Crippen LogP contribution >= 0.6 is 0 Å². The number of aryl methyl sites for hydroxylation is 1. The second-order valence-electron chi connectivity index (χ2n) is 6.82. The summed E-state index contributed by atoms with van der Waals surface area (Å²) in [5.74, 6) is 2.00. The number of hydrogen-bond donors (Lipinski definition) is 2. The van der Waals surface area contributed by atoms with Crippen molar-refractivity contribution in [3.05, 3.63) is 30.4 Å². The van der Waals surface area contributed by atoms with Crippen molar-refractivity contribution in [2.75, 3.05) is 29.9 Å². The summed E-state index contributed by atoms with van der Waals surface area (Å²) in [6, 6.07) is 3.79. The number of H-pyrrole nitrogens is 1. The molecule has 1 unspecified atom stereocenters. The number of aromatic nitrogens is 4. The predicted octanol–water partition coefficient (Wildman–Crippen LogP) is 2.54. The molecule has 26 heavy (non-hydrogen) atoms. The van der Waals surface area contributed by atoms with Crippen LogP contribution in [-0.4, -0.2) is 45.5 Å². The summed E-state index contributed by atoms with van der Waals surface area (Å²) in [6.45, 7) is 3.91. The molecule has 0 aliphatic carbocycles. The average Bonchev–Trinajstić information content (AvgIpc) is 3.28. The molecule has 0 saturated carbocycles. The van der Waals surface area contributed by atoms with Crippen LogP contribution in [0.4, 0.5) is 11.7 Å². The molecule has 4 rings (SSSR count). The monoisotopic (exact) mass is 354 g/mol. The van der Waals surface area contributed by atoms with Crippen molar-refractivity contribution < 1.29 is 9.32 Å². The fourth-order valence-electron chi connectivity index (χ4n) is 3.56. The molecule has 1 aliphatic heterocycles. The maximum Gasteiger partial charge on any atom is 0.225 e. The molecule has 1 atom stereocenters. The Balaban J connectivity index is 1.36. The Morgan fingerprint density at radius 1 is 1.46 bits per heavy atom. The van der Waals surface area contributed by atoms with Crippen LogP contribution in [0.5, 0.6) is 0 Å². The summed E-state index contributed by atoms with van der Waals surface area (Å²) in [7, 11) is 0. The lowest BCUT2D eigenvalue weighted by Gasteiger charge is -2.33. The van der Waals surface area contributed by atoms with Crippen LogP contribution in [-0.2, 0) is 4.79 Å². The van der Waals surface area contributed by atoms with E-state index in [4.69, 9.17) is 4.52 Å². The molecule has 0 bridgehead atoms. The van der Waals surface area contributed by atoms with Gasteiger partial charge in [0, 0.05) is 31.8 Å². The molecule has 4 heterocycles. The van der Waals surface area contributed by atoms with E-state index in [9.17, 15) is 4.79 Å². The number of Topliss-reactive ketones (excluding diaryl/α,β-unsaturated/α-hetero) is 1.